The van der Waals surface area contributed by atoms with Crippen molar-refractivity contribution in [1.29, 1.82) is 0 Å². The third-order valence-corrected chi connectivity index (χ3v) is 3.04. The van der Waals surface area contributed by atoms with Crippen LogP contribution in [-0.4, -0.2) is 47.2 Å². The molecule has 4 N–H and O–H groups in total. The molecule has 1 aliphatic rings. The highest BCUT2D eigenvalue weighted by Gasteiger charge is 2.27. The van der Waals surface area contributed by atoms with E-state index >= 15 is 0 Å². The SMILES string of the molecule is CC(C)C(NC(=O)N1CCC(N)CC1)C(=O)O. The summed E-state index contributed by atoms with van der Waals surface area (Å²) >= 11 is 0. The van der Waals surface area contributed by atoms with Crippen LogP contribution in [0.1, 0.15) is 26.7 Å². The maximum Gasteiger partial charge on any atom is 0.326 e. The lowest BCUT2D eigenvalue weighted by molar-refractivity contribution is -0.140. The third kappa shape index (κ3) is 3.89. The molecule has 0 aromatic carbocycles. The summed E-state index contributed by atoms with van der Waals surface area (Å²) in [5.74, 6) is -1.13. The molecule has 0 radical (unpaired) electrons. The maximum atomic E-state index is 11.8. The Hall–Kier alpha value is -1.30. The first-order chi connectivity index (χ1) is 7.91. The molecule has 1 unspecified atom stereocenters. The molecule has 2 amide bonds. The summed E-state index contributed by atoms with van der Waals surface area (Å²) in [6.45, 7) is 4.73. The molecule has 6 heteroatoms. The predicted octanol–water partition coefficient (Wildman–Crippen LogP) is 0.228. The number of carboxylic acids is 1. The Labute approximate surface area is 101 Å². The molecule has 0 saturated carbocycles. The molecule has 6 nitrogen and oxygen atoms in total. The molecule has 17 heavy (non-hydrogen) atoms. The summed E-state index contributed by atoms with van der Waals surface area (Å²) in [5, 5.41) is 11.5. The summed E-state index contributed by atoms with van der Waals surface area (Å²) in [4.78, 5) is 24.4. The van der Waals surface area contributed by atoms with Gasteiger partial charge in [0.05, 0.1) is 0 Å². The molecule has 1 saturated heterocycles. The van der Waals surface area contributed by atoms with Crippen LogP contribution < -0.4 is 11.1 Å². The zero-order valence-electron chi connectivity index (χ0n) is 10.3. The summed E-state index contributed by atoms with van der Waals surface area (Å²) in [5.41, 5.74) is 5.74. The van der Waals surface area contributed by atoms with Gasteiger partial charge < -0.3 is 21.1 Å². The monoisotopic (exact) mass is 243 g/mol. The highest BCUT2D eigenvalue weighted by atomic mass is 16.4. The average Bonchev–Trinajstić information content (AvgIpc) is 2.25. The fourth-order valence-corrected chi connectivity index (χ4v) is 1.84. The Morgan fingerprint density at radius 1 is 1.35 bits per heavy atom. The highest BCUT2D eigenvalue weighted by Crippen LogP contribution is 2.09. The summed E-state index contributed by atoms with van der Waals surface area (Å²) in [7, 11) is 0. The second kappa shape index (κ2) is 5.86. The van der Waals surface area contributed by atoms with Gasteiger partial charge in [-0.15, -0.1) is 0 Å². The van der Waals surface area contributed by atoms with Crippen LogP contribution in [0.4, 0.5) is 4.79 Å². The number of aliphatic carboxylic acids is 1. The Bertz CT molecular complexity index is 286. The van der Waals surface area contributed by atoms with Crippen LogP contribution in [0.5, 0.6) is 0 Å². The zero-order chi connectivity index (χ0) is 13.0. The minimum absolute atomic E-state index is 0.136. The topological polar surface area (TPSA) is 95.7 Å². The van der Waals surface area contributed by atoms with E-state index in [-0.39, 0.29) is 18.0 Å². The number of piperidine rings is 1. The third-order valence-electron chi connectivity index (χ3n) is 3.04. The highest BCUT2D eigenvalue weighted by molar-refractivity contribution is 5.82. The largest absolute Gasteiger partial charge is 0.480 e. The minimum Gasteiger partial charge on any atom is -0.480 e. The summed E-state index contributed by atoms with van der Waals surface area (Å²) in [6.07, 6.45) is 1.54. The van der Waals surface area contributed by atoms with Crippen LogP contribution in [0.2, 0.25) is 0 Å². The number of nitrogens with two attached hydrogens (primary N) is 1. The number of amides is 2. The molecule has 1 fully saturated rings. The molecule has 98 valence electrons. The van der Waals surface area contributed by atoms with Gasteiger partial charge in [-0.3, -0.25) is 0 Å². The quantitative estimate of drug-likeness (QED) is 0.661. The number of urea groups is 1. The first kappa shape index (κ1) is 13.8. The lowest BCUT2D eigenvalue weighted by atomic mass is 10.0. The van der Waals surface area contributed by atoms with Gasteiger partial charge in [0.25, 0.3) is 0 Å². The van der Waals surface area contributed by atoms with Gasteiger partial charge in [-0.05, 0) is 18.8 Å². The summed E-state index contributed by atoms with van der Waals surface area (Å²) in [6, 6.07) is -0.990. The molecule has 1 aliphatic heterocycles. The van der Waals surface area contributed by atoms with Crippen molar-refractivity contribution < 1.29 is 14.7 Å². The van der Waals surface area contributed by atoms with Crippen LogP contribution in [0, 0.1) is 5.92 Å². The lowest BCUT2D eigenvalue weighted by Crippen LogP contribution is -2.53. The van der Waals surface area contributed by atoms with Gasteiger partial charge in [-0.2, -0.15) is 0 Å². The normalized spacial score (nSPS) is 19.2. The molecule has 1 atom stereocenters. The fraction of sp³-hybridized carbons (Fsp3) is 0.818. The van der Waals surface area contributed by atoms with E-state index in [1.165, 1.54) is 0 Å². The van der Waals surface area contributed by atoms with Gasteiger partial charge in [0.15, 0.2) is 0 Å². The number of nitrogens with one attached hydrogen (secondary N) is 1. The van der Waals surface area contributed by atoms with Gasteiger partial charge in [0, 0.05) is 19.1 Å². The van der Waals surface area contributed by atoms with Gasteiger partial charge in [0.2, 0.25) is 0 Å². The van der Waals surface area contributed by atoms with E-state index in [9.17, 15) is 9.59 Å². The fourth-order valence-electron chi connectivity index (χ4n) is 1.84. The van der Waals surface area contributed by atoms with Crippen LogP contribution in [0.15, 0.2) is 0 Å². The molecular formula is C11H21N3O3. The predicted molar refractivity (Wildman–Crippen MR) is 63.6 cm³/mol. The van der Waals surface area contributed by atoms with Crippen molar-refractivity contribution in [1.82, 2.24) is 10.2 Å². The van der Waals surface area contributed by atoms with Crippen molar-refractivity contribution in [3.63, 3.8) is 0 Å². The van der Waals surface area contributed by atoms with Crippen molar-refractivity contribution >= 4 is 12.0 Å². The minimum atomic E-state index is -0.998. The van der Waals surface area contributed by atoms with Crippen LogP contribution in [-0.2, 0) is 4.79 Å². The van der Waals surface area contributed by atoms with Crippen LogP contribution >= 0.6 is 0 Å². The van der Waals surface area contributed by atoms with Crippen LogP contribution in [0.3, 0.4) is 0 Å². The second-order valence-electron chi connectivity index (χ2n) is 4.83. The Balaban J connectivity index is 2.50. The number of carboxylic acid groups (broad SMARTS) is 1. The second-order valence-corrected chi connectivity index (χ2v) is 4.83. The van der Waals surface area contributed by atoms with Crippen molar-refractivity contribution in [3.05, 3.63) is 0 Å². The van der Waals surface area contributed by atoms with Gasteiger partial charge >= 0.3 is 12.0 Å². The first-order valence-electron chi connectivity index (χ1n) is 5.95. The van der Waals surface area contributed by atoms with Crippen molar-refractivity contribution in [2.45, 2.75) is 38.8 Å². The van der Waals surface area contributed by atoms with Crippen molar-refractivity contribution in [2.24, 2.45) is 11.7 Å². The number of hydrogen-bond acceptors (Lipinski definition) is 3. The van der Waals surface area contributed by atoms with Gasteiger partial charge in [-0.25, -0.2) is 9.59 Å². The number of hydrogen-bond donors (Lipinski definition) is 3. The van der Waals surface area contributed by atoms with E-state index in [0.717, 1.165) is 12.8 Å². The lowest BCUT2D eigenvalue weighted by Gasteiger charge is -2.31. The number of carbonyl (C=O) groups is 2. The molecular weight excluding hydrogens is 222 g/mol. The smallest absolute Gasteiger partial charge is 0.326 e. The van der Waals surface area contributed by atoms with Crippen molar-refractivity contribution in [2.75, 3.05) is 13.1 Å². The molecule has 0 bridgehead atoms. The number of likely N-dealkylation sites (tertiary alicyclic amines) is 1. The Morgan fingerprint density at radius 2 is 1.88 bits per heavy atom. The average molecular weight is 243 g/mol. The molecule has 0 aliphatic carbocycles. The zero-order valence-corrected chi connectivity index (χ0v) is 10.3. The Morgan fingerprint density at radius 3 is 2.29 bits per heavy atom. The number of carbonyl (C=O) groups excluding carboxylic acids is 1. The van der Waals surface area contributed by atoms with E-state index in [4.69, 9.17) is 10.8 Å². The van der Waals surface area contributed by atoms with Gasteiger partial charge in [-0.1, -0.05) is 13.8 Å². The van der Waals surface area contributed by atoms with E-state index in [1.54, 1.807) is 18.7 Å². The van der Waals surface area contributed by atoms with Crippen LogP contribution in [0.25, 0.3) is 0 Å². The molecule has 0 aromatic heterocycles. The maximum absolute atomic E-state index is 11.8. The first-order valence-corrected chi connectivity index (χ1v) is 5.95. The molecule has 1 rings (SSSR count). The molecule has 0 aromatic rings. The van der Waals surface area contributed by atoms with E-state index < -0.39 is 12.0 Å². The Kier molecular flexibility index (Phi) is 4.74. The molecule has 0 spiro atoms. The number of rotatable bonds is 3. The van der Waals surface area contributed by atoms with E-state index in [0.29, 0.717) is 13.1 Å². The van der Waals surface area contributed by atoms with Gasteiger partial charge in [0.1, 0.15) is 6.04 Å². The van der Waals surface area contributed by atoms with E-state index in [2.05, 4.69) is 5.32 Å². The van der Waals surface area contributed by atoms with E-state index in [1.807, 2.05) is 0 Å². The standard InChI is InChI=1S/C11H21N3O3/c1-7(2)9(10(15)16)13-11(17)14-5-3-8(12)4-6-14/h7-9H,3-6,12H2,1-2H3,(H,13,17)(H,15,16). The summed E-state index contributed by atoms with van der Waals surface area (Å²) < 4.78 is 0. The number of nitrogens with zero attached hydrogens (tertiary/aromatic N) is 1. The van der Waals surface area contributed by atoms with Crippen molar-refractivity contribution in [3.8, 4) is 0 Å². The molecule has 1 heterocycles.